The second-order valence-electron chi connectivity index (χ2n) is 6.57. The monoisotopic (exact) mass is 248 g/mol. The zero-order valence-corrected chi connectivity index (χ0v) is 11.2. The summed E-state index contributed by atoms with van der Waals surface area (Å²) in [5.74, 6) is 3.43. The smallest absolute Gasteiger partial charge is 0.248 e. The first-order valence-corrected chi connectivity index (χ1v) is 6.57. The van der Waals surface area contributed by atoms with Gasteiger partial charge in [-0.05, 0) is 37.0 Å². The van der Waals surface area contributed by atoms with Gasteiger partial charge in [-0.25, -0.2) is 8.78 Å². The van der Waals surface area contributed by atoms with Crippen molar-refractivity contribution in [3.8, 4) is 0 Å². The normalized spacial score (nSPS) is 23.6. The molecule has 0 aromatic carbocycles. The van der Waals surface area contributed by atoms with Crippen LogP contribution in [-0.4, -0.2) is 12.0 Å². The third-order valence-electron chi connectivity index (χ3n) is 3.75. The highest BCUT2D eigenvalue weighted by atomic mass is 19.3. The van der Waals surface area contributed by atoms with Crippen molar-refractivity contribution in [1.82, 2.24) is 5.43 Å². The maximum Gasteiger partial charge on any atom is 0.248 e. The molecular formula is C13H26F2N2. The van der Waals surface area contributed by atoms with Gasteiger partial charge in [0.1, 0.15) is 0 Å². The molecule has 0 aromatic heterocycles. The topological polar surface area (TPSA) is 38.0 Å². The van der Waals surface area contributed by atoms with Crippen LogP contribution in [0.15, 0.2) is 0 Å². The van der Waals surface area contributed by atoms with Crippen LogP contribution in [0.4, 0.5) is 8.78 Å². The third-order valence-corrected chi connectivity index (χ3v) is 3.75. The molecule has 1 aliphatic rings. The first-order valence-electron chi connectivity index (χ1n) is 6.57. The van der Waals surface area contributed by atoms with E-state index in [2.05, 4.69) is 26.2 Å². The molecule has 2 nitrogen and oxygen atoms in total. The zero-order valence-electron chi connectivity index (χ0n) is 11.2. The Bertz CT molecular complexity index is 226. The molecule has 4 heteroatoms. The molecular weight excluding hydrogens is 222 g/mol. The molecule has 0 amide bonds. The van der Waals surface area contributed by atoms with Gasteiger partial charge < -0.3 is 0 Å². The SMILES string of the molecule is CC(C)(C)CCC(NN)C1CCC(F)(F)CC1. The van der Waals surface area contributed by atoms with Crippen LogP contribution in [0.5, 0.6) is 0 Å². The maximum atomic E-state index is 13.1. The standard InChI is InChI=1S/C13H26F2N2/c1-12(2,3)7-6-11(17-16)10-4-8-13(14,15)9-5-10/h10-11,17H,4-9,16H2,1-3H3. The summed E-state index contributed by atoms with van der Waals surface area (Å²) < 4.78 is 26.1. The molecule has 1 aliphatic carbocycles. The molecule has 1 saturated carbocycles. The molecule has 1 atom stereocenters. The first kappa shape index (κ1) is 14.8. The first-order chi connectivity index (χ1) is 7.73. The molecule has 3 N–H and O–H groups in total. The number of hydrazine groups is 1. The lowest BCUT2D eigenvalue weighted by Crippen LogP contribution is -2.43. The molecule has 1 unspecified atom stereocenters. The van der Waals surface area contributed by atoms with Crippen LogP contribution < -0.4 is 11.3 Å². The van der Waals surface area contributed by atoms with Crippen molar-refractivity contribution >= 4 is 0 Å². The number of nitrogens with two attached hydrogens (primary N) is 1. The fourth-order valence-electron chi connectivity index (χ4n) is 2.51. The predicted octanol–water partition coefficient (Wildman–Crippen LogP) is 3.47. The summed E-state index contributed by atoms with van der Waals surface area (Å²) in [6.07, 6.45) is 3.25. The largest absolute Gasteiger partial charge is 0.271 e. The van der Waals surface area contributed by atoms with E-state index < -0.39 is 5.92 Å². The number of halogens is 2. The Kier molecular flexibility index (Phi) is 4.90. The second kappa shape index (κ2) is 5.61. The van der Waals surface area contributed by atoms with Gasteiger partial charge in [-0.3, -0.25) is 11.3 Å². The summed E-state index contributed by atoms with van der Waals surface area (Å²) in [7, 11) is 0. The fourth-order valence-corrected chi connectivity index (χ4v) is 2.51. The molecule has 0 saturated heterocycles. The minimum Gasteiger partial charge on any atom is -0.271 e. The molecule has 1 rings (SSSR count). The lowest BCUT2D eigenvalue weighted by atomic mass is 9.78. The van der Waals surface area contributed by atoms with Gasteiger partial charge in [-0.15, -0.1) is 0 Å². The lowest BCUT2D eigenvalue weighted by molar-refractivity contribution is -0.0502. The van der Waals surface area contributed by atoms with Gasteiger partial charge in [0.15, 0.2) is 0 Å². The van der Waals surface area contributed by atoms with Crippen molar-refractivity contribution in [3.05, 3.63) is 0 Å². The Morgan fingerprint density at radius 1 is 1.29 bits per heavy atom. The minimum atomic E-state index is -2.44. The highest BCUT2D eigenvalue weighted by Gasteiger charge is 2.37. The average Bonchev–Trinajstić information content (AvgIpc) is 2.19. The van der Waals surface area contributed by atoms with E-state index in [0.717, 1.165) is 12.8 Å². The molecule has 102 valence electrons. The van der Waals surface area contributed by atoms with Gasteiger partial charge in [-0.1, -0.05) is 20.8 Å². The van der Waals surface area contributed by atoms with E-state index >= 15 is 0 Å². The van der Waals surface area contributed by atoms with E-state index in [1.807, 2.05) is 0 Å². The number of hydrogen-bond donors (Lipinski definition) is 2. The molecule has 0 aromatic rings. The van der Waals surface area contributed by atoms with Gasteiger partial charge in [0, 0.05) is 18.9 Å². The lowest BCUT2D eigenvalue weighted by Gasteiger charge is -2.34. The molecule has 0 spiro atoms. The molecule has 1 fully saturated rings. The Balaban J connectivity index is 2.41. The van der Waals surface area contributed by atoms with Crippen LogP contribution in [0, 0.1) is 11.3 Å². The van der Waals surface area contributed by atoms with Crippen molar-refractivity contribution in [2.24, 2.45) is 17.2 Å². The van der Waals surface area contributed by atoms with Crippen molar-refractivity contribution in [2.45, 2.75) is 71.3 Å². The Morgan fingerprint density at radius 2 is 1.82 bits per heavy atom. The van der Waals surface area contributed by atoms with Gasteiger partial charge in [-0.2, -0.15) is 0 Å². The summed E-state index contributed by atoms with van der Waals surface area (Å²) in [6.45, 7) is 6.57. The molecule has 0 radical (unpaired) electrons. The maximum absolute atomic E-state index is 13.1. The van der Waals surface area contributed by atoms with Crippen LogP contribution in [0.1, 0.15) is 59.3 Å². The van der Waals surface area contributed by atoms with Gasteiger partial charge in [0.2, 0.25) is 5.92 Å². The van der Waals surface area contributed by atoms with Crippen LogP contribution >= 0.6 is 0 Å². The molecule has 0 heterocycles. The highest BCUT2D eigenvalue weighted by Crippen LogP contribution is 2.38. The summed E-state index contributed by atoms with van der Waals surface area (Å²) >= 11 is 0. The van der Waals surface area contributed by atoms with Crippen LogP contribution in [0.3, 0.4) is 0 Å². The van der Waals surface area contributed by atoms with Crippen molar-refractivity contribution < 1.29 is 8.78 Å². The van der Waals surface area contributed by atoms with Crippen LogP contribution in [0.25, 0.3) is 0 Å². The number of hydrogen-bond acceptors (Lipinski definition) is 2. The summed E-state index contributed by atoms with van der Waals surface area (Å²) in [5.41, 5.74) is 3.10. The average molecular weight is 248 g/mol. The predicted molar refractivity (Wildman–Crippen MR) is 66.7 cm³/mol. The van der Waals surface area contributed by atoms with E-state index in [4.69, 9.17) is 5.84 Å². The van der Waals surface area contributed by atoms with Crippen LogP contribution in [0.2, 0.25) is 0 Å². The van der Waals surface area contributed by atoms with E-state index in [9.17, 15) is 8.78 Å². The highest BCUT2D eigenvalue weighted by molar-refractivity contribution is 4.84. The minimum absolute atomic E-state index is 0.0192. The number of rotatable bonds is 4. The van der Waals surface area contributed by atoms with Crippen LogP contribution in [-0.2, 0) is 0 Å². The third kappa shape index (κ3) is 5.30. The summed E-state index contributed by atoms with van der Waals surface area (Å²) in [5, 5.41) is 0. The van der Waals surface area contributed by atoms with Crippen molar-refractivity contribution in [1.29, 1.82) is 0 Å². The van der Waals surface area contributed by atoms with Crippen molar-refractivity contribution in [2.75, 3.05) is 0 Å². The zero-order chi connectivity index (χ0) is 13.1. The summed E-state index contributed by atoms with van der Waals surface area (Å²) in [6, 6.07) is 0.185. The number of nitrogens with one attached hydrogen (secondary N) is 1. The molecule has 0 bridgehead atoms. The van der Waals surface area contributed by atoms with E-state index in [-0.39, 0.29) is 24.3 Å². The van der Waals surface area contributed by atoms with E-state index in [1.54, 1.807) is 0 Å². The summed E-state index contributed by atoms with van der Waals surface area (Å²) in [4.78, 5) is 0. The Labute approximate surface area is 103 Å². The van der Waals surface area contributed by atoms with Gasteiger partial charge >= 0.3 is 0 Å². The Morgan fingerprint density at radius 3 is 2.24 bits per heavy atom. The molecule has 17 heavy (non-hydrogen) atoms. The van der Waals surface area contributed by atoms with Gasteiger partial charge in [0.05, 0.1) is 0 Å². The quantitative estimate of drug-likeness (QED) is 0.590. The fraction of sp³-hybridized carbons (Fsp3) is 1.00. The molecule has 0 aliphatic heterocycles. The number of alkyl halides is 2. The van der Waals surface area contributed by atoms with E-state index in [0.29, 0.717) is 18.8 Å². The van der Waals surface area contributed by atoms with Gasteiger partial charge in [0.25, 0.3) is 0 Å². The van der Waals surface area contributed by atoms with Crippen molar-refractivity contribution in [3.63, 3.8) is 0 Å². The second-order valence-corrected chi connectivity index (χ2v) is 6.57. The Hall–Kier alpha value is -0.220. The van der Waals surface area contributed by atoms with E-state index in [1.165, 1.54) is 0 Å².